The summed E-state index contributed by atoms with van der Waals surface area (Å²) in [5, 5.41) is 22.7. The number of nitrogens with zero attached hydrogens (tertiary/aromatic N) is 5. The first kappa shape index (κ1) is 21.5. The molecule has 0 spiro atoms. The lowest BCUT2D eigenvalue weighted by atomic mass is 10.0. The summed E-state index contributed by atoms with van der Waals surface area (Å²) in [4.78, 5) is 15.5. The summed E-state index contributed by atoms with van der Waals surface area (Å²) in [7, 11) is 1.58. The summed E-state index contributed by atoms with van der Waals surface area (Å²) >= 11 is 0. The van der Waals surface area contributed by atoms with Gasteiger partial charge in [-0.05, 0) is 36.6 Å². The minimum Gasteiger partial charge on any atom is -0.481 e. The summed E-state index contributed by atoms with van der Waals surface area (Å²) in [5.74, 6) is 1.28. The molecule has 32 heavy (non-hydrogen) atoms. The summed E-state index contributed by atoms with van der Waals surface area (Å²) < 4.78 is 5.15. The first-order valence-corrected chi connectivity index (χ1v) is 10.6. The molecule has 1 atom stereocenters. The lowest BCUT2D eigenvalue weighted by Gasteiger charge is -2.32. The zero-order valence-electron chi connectivity index (χ0n) is 18.2. The number of aryl methyl sites for hydroxylation is 1. The number of pyridine rings is 1. The molecule has 0 saturated carbocycles. The van der Waals surface area contributed by atoms with E-state index in [9.17, 15) is 10.4 Å². The van der Waals surface area contributed by atoms with Crippen LogP contribution in [-0.4, -0.2) is 40.3 Å². The highest BCUT2D eigenvalue weighted by Gasteiger charge is 2.24. The lowest BCUT2D eigenvalue weighted by molar-refractivity contribution is 0.279. The summed E-state index contributed by atoms with van der Waals surface area (Å²) in [6.07, 6.45) is 4.59. The Hall–Kier alpha value is -3.70. The molecule has 1 aliphatic rings. The van der Waals surface area contributed by atoms with Gasteiger partial charge >= 0.3 is 0 Å². The largest absolute Gasteiger partial charge is 0.481 e. The minimum atomic E-state index is -0.165. The molecule has 0 saturated heterocycles. The molecule has 4 rings (SSSR count). The molecule has 0 unspecified atom stereocenters. The number of rotatable bonds is 7. The van der Waals surface area contributed by atoms with E-state index in [1.54, 1.807) is 25.7 Å². The highest BCUT2D eigenvalue weighted by atomic mass is 16.5. The van der Waals surface area contributed by atoms with Crippen LogP contribution in [0, 0.1) is 18.3 Å². The van der Waals surface area contributed by atoms with Crippen LogP contribution in [-0.2, 0) is 13.0 Å². The molecule has 0 fully saturated rings. The van der Waals surface area contributed by atoms with Gasteiger partial charge in [0, 0.05) is 43.9 Å². The average Bonchev–Trinajstić information content (AvgIpc) is 2.83. The third-order valence-corrected chi connectivity index (χ3v) is 5.71. The van der Waals surface area contributed by atoms with Crippen molar-refractivity contribution in [3.05, 3.63) is 70.8 Å². The highest BCUT2D eigenvalue weighted by Crippen LogP contribution is 2.31. The Morgan fingerprint density at radius 2 is 2.12 bits per heavy atom. The van der Waals surface area contributed by atoms with Gasteiger partial charge in [-0.2, -0.15) is 5.26 Å². The smallest absolute Gasteiger partial charge is 0.212 e. The molecule has 1 aliphatic heterocycles. The fraction of sp³-hybridized carbons (Fsp3) is 0.333. The van der Waals surface area contributed by atoms with Crippen LogP contribution in [0.4, 0.5) is 11.5 Å². The molecule has 3 aromatic rings. The lowest BCUT2D eigenvalue weighted by Crippen LogP contribution is -2.32. The number of hydrogen-bond acceptors (Lipinski definition) is 8. The van der Waals surface area contributed by atoms with Crippen LogP contribution in [0.25, 0.3) is 0 Å². The number of methoxy groups -OCH3 is 1. The van der Waals surface area contributed by atoms with Gasteiger partial charge < -0.3 is 20.1 Å². The van der Waals surface area contributed by atoms with E-state index < -0.39 is 0 Å². The number of ether oxygens (including phenoxy) is 1. The van der Waals surface area contributed by atoms with Crippen molar-refractivity contribution in [3.8, 4) is 11.9 Å². The SMILES string of the molecule is COc1ccc([C@@H](CCO)Nc2ncnc3c2CN(c2ccc(C)cc2C#N)CC3)cn1. The van der Waals surface area contributed by atoms with E-state index in [0.29, 0.717) is 24.4 Å². The zero-order valence-corrected chi connectivity index (χ0v) is 18.2. The van der Waals surface area contributed by atoms with Crippen LogP contribution in [0.3, 0.4) is 0 Å². The Balaban J connectivity index is 1.63. The number of aliphatic hydroxyl groups is 1. The Bertz CT molecular complexity index is 1130. The summed E-state index contributed by atoms with van der Waals surface area (Å²) in [6.45, 7) is 3.39. The summed E-state index contributed by atoms with van der Waals surface area (Å²) in [5.41, 5.74) is 5.60. The van der Waals surface area contributed by atoms with Crippen molar-refractivity contribution in [3.63, 3.8) is 0 Å². The van der Waals surface area contributed by atoms with Crippen molar-refractivity contribution < 1.29 is 9.84 Å². The minimum absolute atomic E-state index is 0.0258. The van der Waals surface area contributed by atoms with Crippen LogP contribution in [0.5, 0.6) is 5.88 Å². The molecule has 164 valence electrons. The van der Waals surface area contributed by atoms with Gasteiger partial charge in [0.25, 0.3) is 0 Å². The van der Waals surface area contributed by atoms with Gasteiger partial charge in [-0.15, -0.1) is 0 Å². The Morgan fingerprint density at radius 3 is 2.84 bits per heavy atom. The monoisotopic (exact) mass is 430 g/mol. The van der Waals surface area contributed by atoms with Crippen LogP contribution in [0.2, 0.25) is 0 Å². The number of nitriles is 1. The van der Waals surface area contributed by atoms with E-state index in [1.807, 2.05) is 31.2 Å². The van der Waals surface area contributed by atoms with E-state index >= 15 is 0 Å². The Morgan fingerprint density at radius 1 is 1.25 bits per heavy atom. The standard InChI is InChI=1S/C24H26N6O2/c1-16-3-5-22(18(11-16)12-25)30-9-7-21-19(14-30)24(28-15-27-21)29-20(8-10-31)17-4-6-23(32-2)26-13-17/h3-6,11,13,15,20,31H,7-10,14H2,1-2H3,(H,27,28,29)/t20-/m1/s1. The molecule has 0 aliphatic carbocycles. The maximum atomic E-state index is 9.63. The molecular weight excluding hydrogens is 404 g/mol. The second-order valence-corrected chi connectivity index (χ2v) is 7.79. The van der Waals surface area contributed by atoms with E-state index in [2.05, 4.69) is 31.2 Å². The molecule has 3 heterocycles. The number of hydrogen-bond donors (Lipinski definition) is 2. The van der Waals surface area contributed by atoms with E-state index in [1.165, 1.54) is 0 Å². The van der Waals surface area contributed by atoms with Gasteiger partial charge in [-0.3, -0.25) is 0 Å². The van der Waals surface area contributed by atoms with Gasteiger partial charge in [-0.1, -0.05) is 12.1 Å². The number of fused-ring (bicyclic) bond motifs is 1. The van der Waals surface area contributed by atoms with E-state index in [0.717, 1.165) is 46.9 Å². The van der Waals surface area contributed by atoms with Gasteiger partial charge in [0.05, 0.1) is 30.1 Å². The molecule has 1 aromatic carbocycles. The maximum Gasteiger partial charge on any atom is 0.212 e. The number of benzene rings is 1. The molecule has 0 radical (unpaired) electrons. The van der Waals surface area contributed by atoms with Gasteiger partial charge in [0.15, 0.2) is 0 Å². The van der Waals surface area contributed by atoms with Crippen LogP contribution >= 0.6 is 0 Å². The number of aromatic nitrogens is 3. The predicted molar refractivity (Wildman–Crippen MR) is 122 cm³/mol. The molecule has 2 aromatic heterocycles. The van der Waals surface area contributed by atoms with Crippen molar-refractivity contribution >= 4 is 11.5 Å². The third kappa shape index (κ3) is 4.48. The highest BCUT2D eigenvalue weighted by molar-refractivity contribution is 5.63. The topological polar surface area (TPSA) is 107 Å². The second-order valence-electron chi connectivity index (χ2n) is 7.79. The molecule has 0 amide bonds. The fourth-order valence-electron chi connectivity index (χ4n) is 4.02. The normalized spacial score (nSPS) is 13.8. The Kier molecular flexibility index (Phi) is 6.47. The summed E-state index contributed by atoms with van der Waals surface area (Å²) in [6, 6.07) is 11.8. The van der Waals surface area contributed by atoms with Gasteiger partial charge in [-0.25, -0.2) is 15.0 Å². The van der Waals surface area contributed by atoms with Crippen molar-refractivity contribution in [2.45, 2.75) is 32.4 Å². The second kappa shape index (κ2) is 9.62. The average molecular weight is 431 g/mol. The molecule has 2 N–H and O–H groups in total. The quantitative estimate of drug-likeness (QED) is 0.589. The van der Waals surface area contributed by atoms with Gasteiger partial charge in [0.1, 0.15) is 18.2 Å². The molecule has 8 nitrogen and oxygen atoms in total. The van der Waals surface area contributed by atoms with E-state index in [-0.39, 0.29) is 12.6 Å². The Labute approximate surface area is 187 Å². The van der Waals surface area contributed by atoms with Crippen molar-refractivity contribution in [1.82, 2.24) is 15.0 Å². The first-order valence-electron chi connectivity index (χ1n) is 10.6. The van der Waals surface area contributed by atoms with Crippen molar-refractivity contribution in [2.75, 3.05) is 30.5 Å². The maximum absolute atomic E-state index is 9.63. The molecule has 8 heteroatoms. The molecule has 0 bridgehead atoms. The van der Waals surface area contributed by atoms with Crippen LogP contribution < -0.4 is 15.0 Å². The van der Waals surface area contributed by atoms with Gasteiger partial charge in [0.2, 0.25) is 5.88 Å². The van der Waals surface area contributed by atoms with Crippen molar-refractivity contribution in [1.29, 1.82) is 5.26 Å². The van der Waals surface area contributed by atoms with Crippen LogP contribution in [0.15, 0.2) is 42.9 Å². The first-order chi connectivity index (χ1) is 15.6. The van der Waals surface area contributed by atoms with Crippen LogP contribution in [0.1, 0.15) is 40.4 Å². The number of anilines is 2. The fourth-order valence-corrected chi connectivity index (χ4v) is 4.02. The predicted octanol–water partition coefficient (Wildman–Crippen LogP) is 3.16. The zero-order chi connectivity index (χ0) is 22.5. The number of nitrogens with one attached hydrogen (secondary N) is 1. The van der Waals surface area contributed by atoms with Crippen molar-refractivity contribution in [2.24, 2.45) is 0 Å². The third-order valence-electron chi connectivity index (χ3n) is 5.71. The molecular formula is C24H26N6O2. The number of aliphatic hydroxyl groups excluding tert-OH is 1. The van der Waals surface area contributed by atoms with E-state index in [4.69, 9.17) is 4.74 Å².